The summed E-state index contributed by atoms with van der Waals surface area (Å²) in [7, 11) is 1.68. The van der Waals surface area contributed by atoms with Gasteiger partial charge in [-0.25, -0.2) is 0 Å². The van der Waals surface area contributed by atoms with Gasteiger partial charge >= 0.3 is 5.97 Å². The van der Waals surface area contributed by atoms with E-state index in [4.69, 9.17) is 9.84 Å². The molecule has 2 rings (SSSR count). The first-order valence-corrected chi connectivity index (χ1v) is 6.62. The van der Waals surface area contributed by atoms with Crippen LogP contribution in [-0.4, -0.2) is 36.2 Å². The average Bonchev–Trinajstić information content (AvgIpc) is 2.77. The predicted molar refractivity (Wildman–Crippen MR) is 65.1 cm³/mol. The Labute approximate surface area is 107 Å². The molecular formula is C13H21NO4. The summed E-state index contributed by atoms with van der Waals surface area (Å²) in [5, 5.41) is 11.8. The molecule has 5 heteroatoms. The highest BCUT2D eigenvalue weighted by molar-refractivity contribution is 5.80. The SMILES string of the molecule is COC1(CNC(=O)[C@@H]2CC[C@H](C(=O)O)C2)CCC1. The van der Waals surface area contributed by atoms with Gasteiger partial charge in [-0.15, -0.1) is 0 Å². The number of hydrogen-bond donors (Lipinski definition) is 2. The van der Waals surface area contributed by atoms with Gasteiger partial charge in [-0.1, -0.05) is 0 Å². The lowest BCUT2D eigenvalue weighted by atomic mass is 9.80. The number of methoxy groups -OCH3 is 1. The highest BCUT2D eigenvalue weighted by Crippen LogP contribution is 2.35. The molecule has 5 nitrogen and oxygen atoms in total. The Morgan fingerprint density at radius 3 is 2.44 bits per heavy atom. The number of hydrogen-bond acceptors (Lipinski definition) is 3. The number of carbonyl (C=O) groups excluding carboxylic acids is 1. The van der Waals surface area contributed by atoms with E-state index in [1.807, 2.05) is 0 Å². The van der Waals surface area contributed by atoms with Gasteiger partial charge in [0.2, 0.25) is 5.91 Å². The first-order chi connectivity index (χ1) is 8.56. The third-order valence-corrected chi connectivity index (χ3v) is 4.44. The van der Waals surface area contributed by atoms with E-state index >= 15 is 0 Å². The van der Waals surface area contributed by atoms with E-state index in [0.29, 0.717) is 25.8 Å². The minimum Gasteiger partial charge on any atom is -0.481 e. The number of ether oxygens (including phenoxy) is 1. The zero-order valence-electron chi connectivity index (χ0n) is 10.8. The summed E-state index contributed by atoms with van der Waals surface area (Å²) in [5.41, 5.74) is -0.166. The van der Waals surface area contributed by atoms with E-state index in [9.17, 15) is 9.59 Å². The fourth-order valence-corrected chi connectivity index (χ4v) is 2.86. The Morgan fingerprint density at radius 1 is 1.33 bits per heavy atom. The third-order valence-electron chi connectivity index (χ3n) is 4.44. The van der Waals surface area contributed by atoms with E-state index in [1.54, 1.807) is 7.11 Å². The number of nitrogens with one attached hydrogen (secondary N) is 1. The summed E-state index contributed by atoms with van der Waals surface area (Å²) in [4.78, 5) is 22.8. The van der Waals surface area contributed by atoms with Crippen LogP contribution in [-0.2, 0) is 14.3 Å². The molecule has 102 valence electrons. The van der Waals surface area contributed by atoms with Gasteiger partial charge in [0.15, 0.2) is 0 Å². The number of carboxylic acids is 1. The largest absolute Gasteiger partial charge is 0.481 e. The lowest BCUT2D eigenvalue weighted by molar-refractivity contribution is -0.141. The summed E-state index contributed by atoms with van der Waals surface area (Å²) >= 11 is 0. The zero-order valence-corrected chi connectivity index (χ0v) is 10.8. The van der Waals surface area contributed by atoms with Crippen LogP contribution in [0.3, 0.4) is 0 Å². The van der Waals surface area contributed by atoms with Gasteiger partial charge < -0.3 is 15.2 Å². The fraction of sp³-hybridized carbons (Fsp3) is 0.846. The molecule has 0 aliphatic heterocycles. The van der Waals surface area contributed by atoms with Crippen LogP contribution >= 0.6 is 0 Å². The molecule has 2 saturated carbocycles. The van der Waals surface area contributed by atoms with E-state index in [1.165, 1.54) is 0 Å². The second-order valence-corrected chi connectivity index (χ2v) is 5.50. The lowest BCUT2D eigenvalue weighted by Crippen LogP contribution is -2.50. The standard InChI is InChI=1S/C13H21NO4/c1-18-13(5-2-6-13)8-14-11(15)9-3-4-10(7-9)12(16)17/h9-10H,2-8H2,1H3,(H,14,15)(H,16,17)/t9-,10+/m1/s1. The van der Waals surface area contributed by atoms with Crippen LogP contribution in [0.4, 0.5) is 0 Å². The van der Waals surface area contributed by atoms with Gasteiger partial charge in [0.05, 0.1) is 11.5 Å². The number of aliphatic carboxylic acids is 1. The molecule has 1 amide bonds. The van der Waals surface area contributed by atoms with Gasteiger partial charge in [-0.05, 0) is 38.5 Å². The minimum absolute atomic E-state index is 0.0120. The molecule has 2 aliphatic rings. The van der Waals surface area contributed by atoms with E-state index in [-0.39, 0.29) is 23.3 Å². The van der Waals surface area contributed by atoms with Crippen molar-refractivity contribution in [1.29, 1.82) is 0 Å². The maximum absolute atomic E-state index is 12.0. The van der Waals surface area contributed by atoms with Crippen LogP contribution in [0.25, 0.3) is 0 Å². The Balaban J connectivity index is 1.77. The molecule has 0 aromatic heterocycles. The fourth-order valence-electron chi connectivity index (χ4n) is 2.86. The molecule has 2 aliphatic carbocycles. The van der Waals surface area contributed by atoms with Crippen molar-refractivity contribution in [3.05, 3.63) is 0 Å². The minimum atomic E-state index is -0.780. The summed E-state index contributed by atoms with van der Waals surface area (Å²) in [6.45, 7) is 0.552. The molecule has 2 N–H and O–H groups in total. The predicted octanol–water partition coefficient (Wildman–Crippen LogP) is 1.17. The zero-order chi connectivity index (χ0) is 13.2. The maximum Gasteiger partial charge on any atom is 0.306 e. The second-order valence-electron chi connectivity index (χ2n) is 5.50. The van der Waals surface area contributed by atoms with Crippen LogP contribution in [0.2, 0.25) is 0 Å². The van der Waals surface area contributed by atoms with Crippen LogP contribution in [0.1, 0.15) is 38.5 Å². The van der Waals surface area contributed by atoms with Gasteiger partial charge in [-0.3, -0.25) is 9.59 Å². The quantitative estimate of drug-likeness (QED) is 0.773. The smallest absolute Gasteiger partial charge is 0.306 e. The Bertz CT molecular complexity index is 332. The number of amides is 1. The molecule has 2 atom stereocenters. The molecule has 0 bridgehead atoms. The number of rotatable bonds is 5. The topological polar surface area (TPSA) is 75.6 Å². The van der Waals surface area contributed by atoms with Crippen molar-refractivity contribution < 1.29 is 19.4 Å². The van der Waals surface area contributed by atoms with Crippen LogP contribution in [0, 0.1) is 11.8 Å². The van der Waals surface area contributed by atoms with Gasteiger partial charge in [0, 0.05) is 19.6 Å². The Morgan fingerprint density at radius 2 is 2.00 bits per heavy atom. The average molecular weight is 255 g/mol. The van der Waals surface area contributed by atoms with Crippen LogP contribution in [0.5, 0.6) is 0 Å². The second kappa shape index (κ2) is 5.26. The summed E-state index contributed by atoms with van der Waals surface area (Å²) < 4.78 is 5.44. The van der Waals surface area contributed by atoms with Crippen molar-refractivity contribution in [1.82, 2.24) is 5.32 Å². The summed E-state index contributed by atoms with van der Waals surface area (Å²) in [6, 6.07) is 0. The molecule has 0 spiro atoms. The maximum atomic E-state index is 12.0. The normalized spacial score (nSPS) is 29.6. The third kappa shape index (κ3) is 2.66. The Hall–Kier alpha value is -1.10. The van der Waals surface area contributed by atoms with E-state index < -0.39 is 5.97 Å². The number of carbonyl (C=O) groups is 2. The van der Waals surface area contributed by atoms with Crippen molar-refractivity contribution in [3.63, 3.8) is 0 Å². The summed E-state index contributed by atoms with van der Waals surface area (Å²) in [6.07, 6.45) is 4.90. The molecule has 0 aromatic carbocycles. The molecule has 2 fully saturated rings. The van der Waals surface area contributed by atoms with Crippen molar-refractivity contribution >= 4 is 11.9 Å². The van der Waals surface area contributed by atoms with E-state index in [2.05, 4.69) is 5.32 Å². The molecule has 0 radical (unpaired) electrons. The van der Waals surface area contributed by atoms with E-state index in [0.717, 1.165) is 19.3 Å². The summed E-state index contributed by atoms with van der Waals surface area (Å²) in [5.74, 6) is -1.28. The molecule has 0 heterocycles. The molecule has 0 unspecified atom stereocenters. The highest BCUT2D eigenvalue weighted by atomic mass is 16.5. The molecule has 18 heavy (non-hydrogen) atoms. The van der Waals surface area contributed by atoms with Crippen molar-refractivity contribution in [2.45, 2.75) is 44.1 Å². The monoisotopic (exact) mass is 255 g/mol. The lowest BCUT2D eigenvalue weighted by Gasteiger charge is -2.40. The van der Waals surface area contributed by atoms with Crippen molar-refractivity contribution in [2.75, 3.05) is 13.7 Å². The van der Waals surface area contributed by atoms with Gasteiger partial charge in [0.25, 0.3) is 0 Å². The first-order valence-electron chi connectivity index (χ1n) is 6.62. The highest BCUT2D eigenvalue weighted by Gasteiger charge is 2.39. The molecule has 0 saturated heterocycles. The van der Waals surface area contributed by atoms with Gasteiger partial charge in [-0.2, -0.15) is 0 Å². The molecule has 0 aromatic rings. The Kier molecular flexibility index (Phi) is 3.90. The van der Waals surface area contributed by atoms with Crippen LogP contribution in [0.15, 0.2) is 0 Å². The van der Waals surface area contributed by atoms with Gasteiger partial charge in [0.1, 0.15) is 0 Å². The number of carboxylic acid groups (broad SMARTS) is 1. The first kappa shape index (κ1) is 13.3. The van der Waals surface area contributed by atoms with Crippen molar-refractivity contribution in [2.24, 2.45) is 11.8 Å². The molecular weight excluding hydrogens is 234 g/mol. The van der Waals surface area contributed by atoms with Crippen LogP contribution < -0.4 is 5.32 Å². The van der Waals surface area contributed by atoms with Crippen molar-refractivity contribution in [3.8, 4) is 0 Å².